The molecule has 0 bridgehead atoms. The van der Waals surface area contributed by atoms with Gasteiger partial charge in [-0.15, -0.1) is 24.0 Å². The number of benzene rings is 1. The van der Waals surface area contributed by atoms with Gasteiger partial charge in [0.2, 0.25) is 5.91 Å². The van der Waals surface area contributed by atoms with Gasteiger partial charge in [0.05, 0.1) is 6.54 Å². The molecule has 0 saturated heterocycles. The van der Waals surface area contributed by atoms with Crippen LogP contribution in [0.4, 0.5) is 5.69 Å². The highest BCUT2D eigenvalue weighted by Gasteiger charge is 2.03. The maximum atomic E-state index is 11.5. The fourth-order valence-corrected chi connectivity index (χ4v) is 1.83. The average molecular weight is 418 g/mol. The number of anilines is 1. The summed E-state index contributed by atoms with van der Waals surface area (Å²) in [7, 11) is 0. The van der Waals surface area contributed by atoms with Gasteiger partial charge in [0, 0.05) is 18.2 Å². The van der Waals surface area contributed by atoms with E-state index in [1.807, 2.05) is 26.0 Å². The lowest BCUT2D eigenvalue weighted by Gasteiger charge is -2.10. The minimum Gasteiger partial charge on any atom is -0.370 e. The molecule has 6 heteroatoms. The Balaban J connectivity index is 0.00000441. The van der Waals surface area contributed by atoms with Gasteiger partial charge in [-0.2, -0.15) is 0 Å². The molecule has 0 aliphatic heterocycles. The first kappa shape index (κ1) is 20.7. The van der Waals surface area contributed by atoms with Crippen LogP contribution in [0, 0.1) is 0 Å². The lowest BCUT2D eigenvalue weighted by atomic mass is 10.0. The van der Waals surface area contributed by atoms with Gasteiger partial charge in [0.25, 0.3) is 0 Å². The van der Waals surface area contributed by atoms with Gasteiger partial charge < -0.3 is 16.4 Å². The molecule has 1 amide bonds. The van der Waals surface area contributed by atoms with Crippen LogP contribution < -0.4 is 16.4 Å². The van der Waals surface area contributed by atoms with E-state index in [9.17, 15) is 4.79 Å². The second-order valence-corrected chi connectivity index (χ2v) is 5.64. The molecular formula is C16H27IN4O. The zero-order valence-corrected chi connectivity index (χ0v) is 16.0. The minimum absolute atomic E-state index is 0. The van der Waals surface area contributed by atoms with Gasteiger partial charge in [0.1, 0.15) is 0 Å². The number of carbonyl (C=O) groups is 1. The Labute approximate surface area is 150 Å². The van der Waals surface area contributed by atoms with Crippen LogP contribution >= 0.6 is 24.0 Å². The van der Waals surface area contributed by atoms with Crippen molar-refractivity contribution in [1.29, 1.82) is 0 Å². The average Bonchev–Trinajstić information content (AvgIpc) is 2.37. The van der Waals surface area contributed by atoms with Crippen LogP contribution in [0.2, 0.25) is 0 Å². The number of guanidine groups is 1. The molecule has 1 aromatic rings. The molecule has 0 radical (unpaired) electrons. The Hall–Kier alpha value is -1.31. The van der Waals surface area contributed by atoms with E-state index in [2.05, 4.69) is 41.6 Å². The van der Waals surface area contributed by atoms with Gasteiger partial charge in [0.15, 0.2) is 5.96 Å². The van der Waals surface area contributed by atoms with Crippen LogP contribution in [-0.2, 0) is 4.79 Å². The van der Waals surface area contributed by atoms with E-state index in [0.717, 1.165) is 5.69 Å². The van der Waals surface area contributed by atoms with Gasteiger partial charge in [-0.3, -0.25) is 9.79 Å². The number of halogens is 1. The molecule has 0 unspecified atom stereocenters. The van der Waals surface area contributed by atoms with Crippen LogP contribution in [-0.4, -0.2) is 24.5 Å². The summed E-state index contributed by atoms with van der Waals surface area (Å²) in [6.07, 6.45) is 0.340. The zero-order valence-electron chi connectivity index (χ0n) is 13.7. The smallest absolute Gasteiger partial charge is 0.222 e. The summed E-state index contributed by atoms with van der Waals surface area (Å²) < 4.78 is 0. The van der Waals surface area contributed by atoms with Crippen molar-refractivity contribution in [3.05, 3.63) is 29.8 Å². The highest BCUT2D eigenvalue weighted by Crippen LogP contribution is 2.18. The predicted octanol–water partition coefficient (Wildman–Crippen LogP) is 3.07. The maximum absolute atomic E-state index is 11.5. The molecule has 0 saturated carbocycles. The molecule has 124 valence electrons. The van der Waals surface area contributed by atoms with Gasteiger partial charge in [-0.25, -0.2) is 0 Å². The van der Waals surface area contributed by atoms with E-state index in [1.54, 1.807) is 0 Å². The first-order chi connectivity index (χ1) is 9.88. The van der Waals surface area contributed by atoms with Gasteiger partial charge >= 0.3 is 0 Å². The largest absolute Gasteiger partial charge is 0.370 e. The number of nitrogens with zero attached hydrogens (tertiary/aromatic N) is 1. The Morgan fingerprint density at radius 2 is 1.95 bits per heavy atom. The van der Waals surface area contributed by atoms with Crippen molar-refractivity contribution in [2.45, 2.75) is 46.1 Å². The molecule has 1 aromatic carbocycles. The normalized spacial score (nSPS) is 11.3. The van der Waals surface area contributed by atoms with Crippen LogP contribution in [0.15, 0.2) is 29.3 Å². The van der Waals surface area contributed by atoms with Crippen molar-refractivity contribution < 1.29 is 4.79 Å². The number of nitrogens with one attached hydrogen (secondary N) is 2. The second kappa shape index (κ2) is 10.4. The predicted molar refractivity (Wildman–Crippen MR) is 104 cm³/mol. The lowest BCUT2D eigenvalue weighted by Crippen LogP contribution is -2.30. The van der Waals surface area contributed by atoms with Crippen LogP contribution in [0.5, 0.6) is 0 Å². The summed E-state index contributed by atoms with van der Waals surface area (Å²) >= 11 is 0. The van der Waals surface area contributed by atoms with Gasteiger partial charge in [-0.05, 0) is 37.5 Å². The lowest BCUT2D eigenvalue weighted by molar-refractivity contribution is -0.121. The SMILES string of the molecule is CC(C)NC(=O)CCN=C(N)Nc1cccc(C(C)C)c1.I. The highest BCUT2D eigenvalue weighted by atomic mass is 127. The van der Waals surface area contributed by atoms with Crippen molar-refractivity contribution in [3.63, 3.8) is 0 Å². The number of nitrogens with two attached hydrogens (primary N) is 1. The van der Waals surface area contributed by atoms with Crippen molar-refractivity contribution >= 4 is 41.5 Å². The fraction of sp³-hybridized carbons (Fsp3) is 0.500. The molecule has 22 heavy (non-hydrogen) atoms. The topological polar surface area (TPSA) is 79.5 Å². The monoisotopic (exact) mass is 418 g/mol. The van der Waals surface area contributed by atoms with E-state index in [4.69, 9.17) is 5.73 Å². The second-order valence-electron chi connectivity index (χ2n) is 5.64. The van der Waals surface area contributed by atoms with E-state index in [-0.39, 0.29) is 35.9 Å². The quantitative estimate of drug-likeness (QED) is 0.378. The molecular weight excluding hydrogens is 391 g/mol. The molecule has 0 heterocycles. The van der Waals surface area contributed by atoms with Crippen molar-refractivity contribution in [2.24, 2.45) is 10.7 Å². The van der Waals surface area contributed by atoms with Crippen LogP contribution in [0.1, 0.15) is 45.6 Å². The number of rotatable bonds is 6. The summed E-state index contributed by atoms with van der Waals surface area (Å²) in [5, 5.41) is 5.86. The Morgan fingerprint density at radius 1 is 1.27 bits per heavy atom. The van der Waals surface area contributed by atoms with Crippen LogP contribution in [0.25, 0.3) is 0 Å². The summed E-state index contributed by atoms with van der Waals surface area (Å²) in [5.74, 6) is 0.779. The Morgan fingerprint density at radius 3 is 2.55 bits per heavy atom. The molecule has 0 aliphatic carbocycles. The summed E-state index contributed by atoms with van der Waals surface area (Å²) in [6, 6.07) is 8.22. The first-order valence-corrected chi connectivity index (χ1v) is 7.34. The molecule has 0 aromatic heterocycles. The number of hydrogen-bond acceptors (Lipinski definition) is 2. The Bertz CT molecular complexity index is 501. The fourth-order valence-electron chi connectivity index (χ4n) is 1.83. The third-order valence-corrected chi connectivity index (χ3v) is 2.90. The van der Waals surface area contributed by atoms with E-state index in [0.29, 0.717) is 24.8 Å². The van der Waals surface area contributed by atoms with Crippen molar-refractivity contribution in [2.75, 3.05) is 11.9 Å². The first-order valence-electron chi connectivity index (χ1n) is 7.34. The molecule has 1 rings (SSSR count). The number of aliphatic imine (C=N–C) groups is 1. The summed E-state index contributed by atoms with van der Waals surface area (Å²) in [6.45, 7) is 8.52. The van der Waals surface area contributed by atoms with E-state index in [1.165, 1.54) is 5.56 Å². The highest BCUT2D eigenvalue weighted by molar-refractivity contribution is 14.0. The molecule has 0 atom stereocenters. The summed E-state index contributed by atoms with van der Waals surface area (Å²) in [4.78, 5) is 15.6. The maximum Gasteiger partial charge on any atom is 0.222 e. The number of hydrogen-bond donors (Lipinski definition) is 3. The molecule has 4 N–H and O–H groups in total. The minimum atomic E-state index is -0.0108. The number of carbonyl (C=O) groups excluding carboxylic acids is 1. The standard InChI is InChI=1S/C16H26N4O.HI/c1-11(2)13-6-5-7-14(10-13)20-16(17)18-9-8-15(21)19-12(3)4;/h5-7,10-12H,8-9H2,1-4H3,(H,19,21)(H3,17,18,20);1H. The third-order valence-electron chi connectivity index (χ3n) is 2.90. The van der Waals surface area contributed by atoms with E-state index < -0.39 is 0 Å². The molecule has 0 aliphatic rings. The molecule has 0 fully saturated rings. The van der Waals surface area contributed by atoms with Gasteiger partial charge in [-0.1, -0.05) is 26.0 Å². The van der Waals surface area contributed by atoms with Crippen LogP contribution in [0.3, 0.4) is 0 Å². The zero-order chi connectivity index (χ0) is 15.8. The Kier molecular flexibility index (Phi) is 9.80. The third kappa shape index (κ3) is 8.21. The van der Waals surface area contributed by atoms with Crippen molar-refractivity contribution in [1.82, 2.24) is 5.32 Å². The van der Waals surface area contributed by atoms with E-state index >= 15 is 0 Å². The van der Waals surface area contributed by atoms with Crippen molar-refractivity contribution in [3.8, 4) is 0 Å². The number of amides is 1. The summed E-state index contributed by atoms with van der Waals surface area (Å²) in [5.41, 5.74) is 7.98. The molecule has 0 spiro atoms. The molecule has 5 nitrogen and oxygen atoms in total.